The number of ether oxygens (including phenoxy) is 1. The average molecular weight is 316 g/mol. The van der Waals surface area contributed by atoms with Crippen molar-refractivity contribution < 1.29 is 13.9 Å². The van der Waals surface area contributed by atoms with E-state index in [9.17, 15) is 9.18 Å². The minimum atomic E-state index is -0.262. The molecule has 0 spiro atoms. The van der Waals surface area contributed by atoms with Gasteiger partial charge < -0.3 is 9.64 Å². The first-order valence-corrected chi connectivity index (χ1v) is 7.03. The predicted molar refractivity (Wildman–Crippen MR) is 70.1 cm³/mol. The average Bonchev–Trinajstić information content (AvgIpc) is 2.40. The van der Waals surface area contributed by atoms with Crippen molar-refractivity contribution in [2.75, 3.05) is 25.0 Å². The van der Waals surface area contributed by atoms with Gasteiger partial charge >= 0.3 is 0 Å². The van der Waals surface area contributed by atoms with Gasteiger partial charge in [-0.2, -0.15) is 0 Å². The molecule has 5 heteroatoms. The number of carbonyl (C=O) groups is 1. The third-order valence-corrected chi connectivity index (χ3v) is 3.37. The predicted octanol–water partition coefficient (Wildman–Crippen LogP) is 2.51. The van der Waals surface area contributed by atoms with E-state index in [1.165, 1.54) is 12.1 Å². The van der Waals surface area contributed by atoms with Crippen molar-refractivity contribution in [1.29, 1.82) is 0 Å². The quantitative estimate of drug-likeness (QED) is 0.802. The third kappa shape index (κ3) is 3.29. The topological polar surface area (TPSA) is 29.5 Å². The lowest BCUT2D eigenvalue weighted by molar-refractivity contribution is -0.138. The Kier molecular flexibility index (Phi) is 4.72. The van der Waals surface area contributed by atoms with Crippen molar-refractivity contribution >= 4 is 21.8 Å². The maximum atomic E-state index is 12.8. The molecule has 1 unspecified atom stereocenters. The Labute approximate surface area is 114 Å². The van der Waals surface area contributed by atoms with Crippen LogP contribution in [0.25, 0.3) is 0 Å². The minimum absolute atomic E-state index is 0.127. The molecule has 0 radical (unpaired) electrons. The van der Waals surface area contributed by atoms with Gasteiger partial charge in [-0.05, 0) is 17.7 Å². The van der Waals surface area contributed by atoms with Crippen molar-refractivity contribution in [3.63, 3.8) is 0 Å². The van der Waals surface area contributed by atoms with E-state index < -0.39 is 0 Å². The number of carbonyl (C=O) groups excluding carboxylic acids is 1. The molecule has 1 aromatic carbocycles. The van der Waals surface area contributed by atoms with E-state index in [4.69, 9.17) is 4.74 Å². The Bertz CT molecular complexity index is 410. The smallest absolute Gasteiger partial charge is 0.223 e. The van der Waals surface area contributed by atoms with Crippen molar-refractivity contribution in [2.45, 2.75) is 12.5 Å². The number of hydrogen-bond acceptors (Lipinski definition) is 2. The molecule has 1 aromatic rings. The second-order valence-electron chi connectivity index (χ2n) is 4.19. The Morgan fingerprint density at radius 3 is 2.83 bits per heavy atom. The van der Waals surface area contributed by atoms with Gasteiger partial charge in [0.25, 0.3) is 0 Å². The standard InChI is InChI=1S/C13H15BrFNO2/c14-6-5-13(17)16-7-8-18-12(9-16)10-1-3-11(15)4-2-10/h1-4,12H,5-9H2. The molecule has 18 heavy (non-hydrogen) atoms. The molecule has 0 saturated carbocycles. The number of nitrogens with zero attached hydrogens (tertiary/aromatic N) is 1. The van der Waals surface area contributed by atoms with Crippen LogP contribution in [0.1, 0.15) is 18.1 Å². The third-order valence-electron chi connectivity index (χ3n) is 2.97. The zero-order valence-corrected chi connectivity index (χ0v) is 11.5. The summed E-state index contributed by atoms with van der Waals surface area (Å²) < 4.78 is 18.5. The van der Waals surface area contributed by atoms with Gasteiger partial charge in [0.15, 0.2) is 0 Å². The Hall–Kier alpha value is -0.940. The van der Waals surface area contributed by atoms with Crippen molar-refractivity contribution in [1.82, 2.24) is 4.90 Å². The fraction of sp³-hybridized carbons (Fsp3) is 0.462. The highest BCUT2D eigenvalue weighted by atomic mass is 79.9. The molecule has 0 aromatic heterocycles. The van der Waals surface area contributed by atoms with Gasteiger partial charge in [0.05, 0.1) is 13.2 Å². The van der Waals surface area contributed by atoms with E-state index in [0.717, 1.165) is 5.56 Å². The van der Waals surface area contributed by atoms with Crippen LogP contribution in [0.4, 0.5) is 4.39 Å². The van der Waals surface area contributed by atoms with Crippen LogP contribution < -0.4 is 0 Å². The number of amides is 1. The van der Waals surface area contributed by atoms with Crippen LogP contribution in [0.15, 0.2) is 24.3 Å². The largest absolute Gasteiger partial charge is 0.370 e. The number of rotatable bonds is 3. The molecule has 1 amide bonds. The number of hydrogen-bond donors (Lipinski definition) is 0. The summed E-state index contributed by atoms with van der Waals surface area (Å²) in [6.45, 7) is 1.69. The van der Waals surface area contributed by atoms with Gasteiger partial charge in [0, 0.05) is 18.3 Å². The van der Waals surface area contributed by atoms with E-state index in [1.54, 1.807) is 17.0 Å². The first-order chi connectivity index (χ1) is 8.70. The van der Waals surface area contributed by atoms with E-state index >= 15 is 0 Å². The van der Waals surface area contributed by atoms with Gasteiger partial charge in [0.2, 0.25) is 5.91 Å². The lowest BCUT2D eigenvalue weighted by atomic mass is 10.1. The molecule has 98 valence electrons. The Morgan fingerprint density at radius 2 is 2.17 bits per heavy atom. The maximum absolute atomic E-state index is 12.8. The summed E-state index contributed by atoms with van der Waals surface area (Å²) in [6, 6.07) is 6.24. The van der Waals surface area contributed by atoms with Gasteiger partial charge in [-0.3, -0.25) is 4.79 Å². The second-order valence-corrected chi connectivity index (χ2v) is 4.98. The fourth-order valence-electron chi connectivity index (χ4n) is 1.99. The molecule has 1 saturated heterocycles. The van der Waals surface area contributed by atoms with E-state index in [2.05, 4.69) is 15.9 Å². The number of benzene rings is 1. The van der Waals surface area contributed by atoms with Crippen LogP contribution in [0.5, 0.6) is 0 Å². The lowest BCUT2D eigenvalue weighted by Crippen LogP contribution is -2.42. The van der Waals surface area contributed by atoms with Gasteiger partial charge in [-0.25, -0.2) is 4.39 Å². The first-order valence-electron chi connectivity index (χ1n) is 5.91. The van der Waals surface area contributed by atoms with Gasteiger partial charge in [0.1, 0.15) is 11.9 Å². The molecule has 1 atom stereocenters. The summed E-state index contributed by atoms with van der Waals surface area (Å²) >= 11 is 3.26. The Morgan fingerprint density at radius 1 is 1.44 bits per heavy atom. The minimum Gasteiger partial charge on any atom is -0.370 e. The zero-order valence-electron chi connectivity index (χ0n) is 9.94. The molecular weight excluding hydrogens is 301 g/mol. The van der Waals surface area contributed by atoms with Crippen LogP contribution in [0.2, 0.25) is 0 Å². The highest BCUT2D eigenvalue weighted by Gasteiger charge is 2.24. The summed E-state index contributed by atoms with van der Waals surface area (Å²) in [5, 5.41) is 0.671. The van der Waals surface area contributed by atoms with Crippen LogP contribution in [0, 0.1) is 5.82 Å². The van der Waals surface area contributed by atoms with Crippen molar-refractivity contribution in [3.05, 3.63) is 35.6 Å². The molecule has 1 fully saturated rings. The monoisotopic (exact) mass is 315 g/mol. The van der Waals surface area contributed by atoms with Gasteiger partial charge in [-0.15, -0.1) is 0 Å². The number of alkyl halides is 1. The number of morpholine rings is 1. The summed E-state index contributed by atoms with van der Waals surface area (Å²) in [5.41, 5.74) is 0.910. The number of halogens is 2. The van der Waals surface area contributed by atoms with Gasteiger partial charge in [-0.1, -0.05) is 28.1 Å². The van der Waals surface area contributed by atoms with Crippen molar-refractivity contribution in [3.8, 4) is 0 Å². The molecule has 1 heterocycles. The SMILES string of the molecule is O=C(CCBr)N1CCOC(c2ccc(F)cc2)C1. The van der Waals surface area contributed by atoms with Crippen LogP contribution >= 0.6 is 15.9 Å². The molecular formula is C13H15BrFNO2. The molecule has 3 nitrogen and oxygen atoms in total. The first kappa shape index (κ1) is 13.5. The van der Waals surface area contributed by atoms with E-state index in [-0.39, 0.29) is 17.8 Å². The summed E-state index contributed by atoms with van der Waals surface area (Å²) in [7, 11) is 0. The lowest BCUT2D eigenvalue weighted by Gasteiger charge is -2.33. The molecule has 1 aliphatic heterocycles. The summed E-state index contributed by atoms with van der Waals surface area (Å²) in [5.74, 6) is -0.135. The molecule has 0 aliphatic carbocycles. The highest BCUT2D eigenvalue weighted by Crippen LogP contribution is 2.22. The zero-order chi connectivity index (χ0) is 13.0. The van der Waals surface area contributed by atoms with Crippen molar-refractivity contribution in [2.24, 2.45) is 0 Å². The van der Waals surface area contributed by atoms with Crippen LogP contribution in [0.3, 0.4) is 0 Å². The molecule has 0 N–H and O–H groups in total. The summed E-state index contributed by atoms with van der Waals surface area (Å²) in [4.78, 5) is 13.6. The Balaban J connectivity index is 2.02. The van der Waals surface area contributed by atoms with Crippen LogP contribution in [-0.4, -0.2) is 35.8 Å². The van der Waals surface area contributed by atoms with Crippen LogP contribution in [-0.2, 0) is 9.53 Å². The molecule has 0 bridgehead atoms. The van der Waals surface area contributed by atoms with E-state index in [0.29, 0.717) is 31.4 Å². The maximum Gasteiger partial charge on any atom is 0.223 e. The fourth-order valence-corrected chi connectivity index (χ4v) is 2.33. The molecule has 2 rings (SSSR count). The normalized spacial score (nSPS) is 19.9. The second kappa shape index (κ2) is 6.29. The highest BCUT2D eigenvalue weighted by molar-refractivity contribution is 9.09. The summed E-state index contributed by atoms with van der Waals surface area (Å²) in [6.07, 6.45) is 0.342. The van der Waals surface area contributed by atoms with E-state index in [1.807, 2.05) is 0 Å². The molecule has 1 aliphatic rings.